The van der Waals surface area contributed by atoms with Crippen molar-refractivity contribution in [2.45, 2.75) is 16.7 Å². The standard InChI is InChI=1S/C17H17NO4S.C15H13NO4S/c1-2-22-17(19)12-11-14-7-6-10-16(13-14)23(20,21)18-15-8-4-3-5-9-15;17-15(18)10-9-12-5-4-8-14(11-12)21(19,20)16-13-6-2-1-3-7-13/h3-13,18H,2H2,1H3;1-11,16H,(H,17,18)/b12-11+;10-9+. The van der Waals surface area contributed by atoms with E-state index in [4.69, 9.17) is 9.84 Å². The Hall–Kier alpha value is -5.20. The third kappa shape index (κ3) is 10.9. The van der Waals surface area contributed by atoms with Crippen LogP contribution in [0.1, 0.15) is 18.1 Å². The maximum absolute atomic E-state index is 12.4. The van der Waals surface area contributed by atoms with Crippen molar-refractivity contribution in [3.05, 3.63) is 132 Å². The van der Waals surface area contributed by atoms with E-state index in [0.717, 1.165) is 6.08 Å². The van der Waals surface area contributed by atoms with E-state index in [2.05, 4.69) is 9.44 Å². The number of para-hydroxylation sites is 2. The maximum Gasteiger partial charge on any atom is 0.330 e. The zero-order chi connectivity index (χ0) is 32.0. The van der Waals surface area contributed by atoms with Crippen LogP contribution in [0, 0.1) is 0 Å². The highest BCUT2D eigenvalue weighted by molar-refractivity contribution is 7.93. The fourth-order valence-electron chi connectivity index (χ4n) is 3.53. The minimum absolute atomic E-state index is 0.0684. The van der Waals surface area contributed by atoms with Crippen molar-refractivity contribution in [2.75, 3.05) is 16.1 Å². The summed E-state index contributed by atoms with van der Waals surface area (Å²) in [4.78, 5) is 22.0. The average molecular weight is 635 g/mol. The van der Waals surface area contributed by atoms with Crippen molar-refractivity contribution in [3.63, 3.8) is 0 Å². The van der Waals surface area contributed by atoms with Crippen LogP contribution in [0.3, 0.4) is 0 Å². The first-order valence-corrected chi connectivity index (χ1v) is 16.1. The summed E-state index contributed by atoms with van der Waals surface area (Å²) < 4.78 is 59.0. The van der Waals surface area contributed by atoms with Gasteiger partial charge in [0.05, 0.1) is 16.4 Å². The van der Waals surface area contributed by atoms with E-state index >= 15 is 0 Å². The second-order valence-corrected chi connectivity index (χ2v) is 12.2. The first kappa shape index (κ1) is 33.3. The number of hydrogen-bond acceptors (Lipinski definition) is 7. The van der Waals surface area contributed by atoms with Gasteiger partial charge in [0.15, 0.2) is 0 Å². The van der Waals surface area contributed by atoms with Gasteiger partial charge in [0.2, 0.25) is 0 Å². The molecule has 0 aliphatic heterocycles. The molecule has 44 heavy (non-hydrogen) atoms. The summed E-state index contributed by atoms with van der Waals surface area (Å²) in [5.41, 5.74) is 2.03. The van der Waals surface area contributed by atoms with Gasteiger partial charge >= 0.3 is 11.9 Å². The molecule has 10 nitrogen and oxygen atoms in total. The van der Waals surface area contributed by atoms with Gasteiger partial charge in [-0.05, 0) is 78.7 Å². The lowest BCUT2D eigenvalue weighted by Crippen LogP contribution is -2.12. The average Bonchev–Trinajstić information content (AvgIpc) is 3.00. The van der Waals surface area contributed by atoms with Crippen LogP contribution < -0.4 is 9.44 Å². The number of carbonyl (C=O) groups excluding carboxylic acids is 1. The smallest absolute Gasteiger partial charge is 0.330 e. The molecule has 4 aromatic carbocycles. The Balaban J connectivity index is 0.000000241. The fourth-order valence-corrected chi connectivity index (χ4v) is 5.76. The van der Waals surface area contributed by atoms with E-state index in [1.54, 1.807) is 91.9 Å². The quantitative estimate of drug-likeness (QED) is 0.141. The first-order valence-electron chi connectivity index (χ1n) is 13.1. The highest BCUT2D eigenvalue weighted by Crippen LogP contribution is 2.19. The Bertz CT molecular complexity index is 1840. The van der Waals surface area contributed by atoms with Crippen molar-refractivity contribution >= 4 is 55.5 Å². The van der Waals surface area contributed by atoms with Crippen molar-refractivity contribution in [2.24, 2.45) is 0 Å². The van der Waals surface area contributed by atoms with Gasteiger partial charge in [0.1, 0.15) is 0 Å². The highest BCUT2D eigenvalue weighted by atomic mass is 32.2. The molecule has 0 aliphatic rings. The zero-order valence-corrected chi connectivity index (χ0v) is 25.2. The van der Waals surface area contributed by atoms with Crippen molar-refractivity contribution in [1.82, 2.24) is 0 Å². The molecule has 0 saturated carbocycles. The Morgan fingerprint density at radius 3 is 1.50 bits per heavy atom. The van der Waals surface area contributed by atoms with Gasteiger partial charge in [0, 0.05) is 23.5 Å². The molecule has 3 N–H and O–H groups in total. The number of carboxylic acid groups (broad SMARTS) is 1. The monoisotopic (exact) mass is 634 g/mol. The van der Waals surface area contributed by atoms with Crippen LogP contribution in [-0.2, 0) is 34.4 Å². The lowest BCUT2D eigenvalue weighted by Gasteiger charge is -2.08. The summed E-state index contributed by atoms with van der Waals surface area (Å²) in [7, 11) is -7.39. The molecule has 0 heterocycles. The number of ether oxygens (including phenoxy) is 1. The summed E-state index contributed by atoms with van der Waals surface area (Å²) in [6.07, 6.45) is 5.07. The van der Waals surface area contributed by atoms with Gasteiger partial charge in [0.25, 0.3) is 20.0 Å². The van der Waals surface area contributed by atoms with Crippen LogP contribution >= 0.6 is 0 Å². The number of hydrogen-bond donors (Lipinski definition) is 3. The van der Waals surface area contributed by atoms with E-state index in [0.29, 0.717) is 29.1 Å². The van der Waals surface area contributed by atoms with Gasteiger partial charge in [-0.1, -0.05) is 60.7 Å². The molecule has 0 amide bonds. The summed E-state index contributed by atoms with van der Waals surface area (Å²) in [6.45, 7) is 2.01. The SMILES string of the molecule is CCOC(=O)/C=C/c1cccc(S(=O)(=O)Nc2ccccc2)c1.O=C(O)/C=C/c1cccc(S(=O)(=O)Nc2ccccc2)c1. The molecule has 4 aromatic rings. The molecule has 0 aliphatic carbocycles. The summed E-state index contributed by atoms with van der Waals surface area (Å²) in [5, 5.41) is 8.58. The van der Waals surface area contributed by atoms with Crippen LogP contribution in [0.5, 0.6) is 0 Å². The van der Waals surface area contributed by atoms with Crippen LogP contribution in [0.2, 0.25) is 0 Å². The zero-order valence-electron chi connectivity index (χ0n) is 23.5. The second kappa shape index (κ2) is 15.9. The van der Waals surface area contributed by atoms with Crippen LogP contribution in [0.4, 0.5) is 11.4 Å². The Kier molecular flexibility index (Phi) is 12.0. The van der Waals surface area contributed by atoms with Gasteiger partial charge in [-0.25, -0.2) is 26.4 Å². The Labute approximate surface area is 256 Å². The van der Waals surface area contributed by atoms with Crippen LogP contribution in [0.15, 0.2) is 131 Å². The molecular formula is C32H30N2O8S2. The molecular weight excluding hydrogens is 604 g/mol. The number of carbonyl (C=O) groups is 2. The molecule has 0 fully saturated rings. The van der Waals surface area contributed by atoms with Gasteiger partial charge in [-0.15, -0.1) is 0 Å². The van der Waals surface area contributed by atoms with Gasteiger partial charge < -0.3 is 9.84 Å². The third-order valence-electron chi connectivity index (χ3n) is 5.51. The summed E-state index contributed by atoms with van der Waals surface area (Å²) in [6, 6.07) is 29.5. The Morgan fingerprint density at radius 1 is 0.659 bits per heavy atom. The first-order chi connectivity index (χ1) is 21.0. The lowest BCUT2D eigenvalue weighted by atomic mass is 10.2. The number of carboxylic acids is 1. The predicted molar refractivity (Wildman–Crippen MR) is 170 cm³/mol. The Morgan fingerprint density at radius 2 is 1.09 bits per heavy atom. The molecule has 0 bridgehead atoms. The molecule has 228 valence electrons. The molecule has 0 unspecified atom stereocenters. The number of esters is 1. The number of benzene rings is 4. The topological polar surface area (TPSA) is 156 Å². The van der Waals surface area contributed by atoms with Gasteiger partial charge in [-0.3, -0.25) is 9.44 Å². The summed E-state index contributed by atoms with van der Waals surface area (Å²) >= 11 is 0. The normalized spacial score (nSPS) is 11.4. The molecule has 4 rings (SSSR count). The number of anilines is 2. The number of aliphatic carboxylic acids is 1. The van der Waals surface area contributed by atoms with Crippen LogP contribution in [0.25, 0.3) is 12.2 Å². The second-order valence-electron chi connectivity index (χ2n) is 8.84. The van der Waals surface area contributed by atoms with Crippen molar-refractivity contribution < 1.29 is 36.3 Å². The van der Waals surface area contributed by atoms with E-state index in [1.165, 1.54) is 42.5 Å². The van der Waals surface area contributed by atoms with E-state index in [9.17, 15) is 26.4 Å². The number of rotatable bonds is 11. The largest absolute Gasteiger partial charge is 0.478 e. The molecule has 12 heteroatoms. The molecule has 0 aromatic heterocycles. The molecule has 0 atom stereocenters. The van der Waals surface area contributed by atoms with Gasteiger partial charge in [-0.2, -0.15) is 0 Å². The van der Waals surface area contributed by atoms with E-state index < -0.39 is 32.0 Å². The maximum atomic E-state index is 12.4. The fraction of sp³-hybridized carbons (Fsp3) is 0.0625. The highest BCUT2D eigenvalue weighted by Gasteiger charge is 2.15. The minimum atomic E-state index is -3.71. The lowest BCUT2D eigenvalue weighted by molar-refractivity contribution is -0.137. The number of nitrogens with one attached hydrogen (secondary N) is 2. The molecule has 0 spiro atoms. The molecule has 0 saturated heterocycles. The third-order valence-corrected chi connectivity index (χ3v) is 8.26. The number of sulfonamides is 2. The summed E-state index contributed by atoms with van der Waals surface area (Å²) in [5.74, 6) is -1.56. The predicted octanol–water partition coefficient (Wildman–Crippen LogP) is 5.65. The van der Waals surface area contributed by atoms with Crippen molar-refractivity contribution in [3.8, 4) is 0 Å². The van der Waals surface area contributed by atoms with E-state index in [1.807, 2.05) is 0 Å². The molecule has 0 radical (unpaired) electrons. The van der Waals surface area contributed by atoms with Crippen LogP contribution in [-0.4, -0.2) is 40.5 Å². The van der Waals surface area contributed by atoms with E-state index in [-0.39, 0.29) is 9.79 Å². The minimum Gasteiger partial charge on any atom is -0.478 e. The van der Waals surface area contributed by atoms with Crippen molar-refractivity contribution in [1.29, 1.82) is 0 Å².